The molecule has 1 aliphatic heterocycles. The van der Waals surface area contributed by atoms with Crippen LogP contribution in [0.1, 0.15) is 18.9 Å². The Balaban J connectivity index is 1.71. The van der Waals surface area contributed by atoms with Gasteiger partial charge in [-0.3, -0.25) is 0 Å². The highest BCUT2D eigenvalue weighted by Gasteiger charge is 2.24. The second kappa shape index (κ2) is 4.57. The maximum absolute atomic E-state index is 5.54. The smallest absolute Gasteiger partial charge is 0.243 e. The van der Waals surface area contributed by atoms with Crippen LogP contribution in [0.15, 0.2) is 18.3 Å². The Labute approximate surface area is 106 Å². The lowest BCUT2D eigenvalue weighted by Crippen LogP contribution is -2.21. The molecule has 5 nitrogen and oxygen atoms in total. The van der Waals surface area contributed by atoms with E-state index in [1.54, 1.807) is 0 Å². The second-order valence-corrected chi connectivity index (χ2v) is 4.95. The Morgan fingerprint density at radius 1 is 1.50 bits per heavy atom. The normalized spacial score (nSPS) is 23.7. The molecule has 0 bridgehead atoms. The van der Waals surface area contributed by atoms with Crippen molar-refractivity contribution in [2.45, 2.75) is 26.4 Å². The van der Waals surface area contributed by atoms with Gasteiger partial charge in [0.2, 0.25) is 5.95 Å². The highest BCUT2D eigenvalue weighted by Crippen LogP contribution is 2.20. The van der Waals surface area contributed by atoms with Gasteiger partial charge in [-0.25, -0.2) is 4.52 Å². The summed E-state index contributed by atoms with van der Waals surface area (Å²) in [5, 5.41) is 7.72. The summed E-state index contributed by atoms with van der Waals surface area (Å²) < 4.78 is 7.35. The van der Waals surface area contributed by atoms with Crippen LogP contribution in [-0.2, 0) is 4.74 Å². The van der Waals surface area contributed by atoms with Crippen molar-refractivity contribution in [1.29, 1.82) is 0 Å². The fourth-order valence-corrected chi connectivity index (χ4v) is 2.33. The Kier molecular flexibility index (Phi) is 2.91. The molecule has 3 heterocycles. The number of pyridine rings is 1. The van der Waals surface area contributed by atoms with Gasteiger partial charge in [0.1, 0.15) is 0 Å². The Bertz CT molecular complexity index is 551. The van der Waals surface area contributed by atoms with Crippen LogP contribution in [0.3, 0.4) is 0 Å². The number of ether oxygens (including phenoxy) is 1. The first-order valence-electron chi connectivity index (χ1n) is 6.41. The maximum Gasteiger partial charge on any atom is 0.243 e. The van der Waals surface area contributed by atoms with Gasteiger partial charge in [0, 0.05) is 25.3 Å². The largest absolute Gasteiger partial charge is 0.378 e. The first kappa shape index (κ1) is 11.5. The van der Waals surface area contributed by atoms with E-state index in [2.05, 4.69) is 22.3 Å². The number of aryl methyl sites for hydroxylation is 1. The number of aromatic nitrogens is 3. The van der Waals surface area contributed by atoms with Crippen molar-refractivity contribution in [1.82, 2.24) is 14.6 Å². The quantitative estimate of drug-likeness (QED) is 0.898. The number of nitrogens with zero attached hydrogens (tertiary/aromatic N) is 3. The molecule has 2 unspecified atom stereocenters. The van der Waals surface area contributed by atoms with Crippen molar-refractivity contribution in [3.63, 3.8) is 0 Å². The predicted octanol–water partition coefficient (Wildman–Crippen LogP) is 1.87. The van der Waals surface area contributed by atoms with Crippen molar-refractivity contribution in [2.75, 3.05) is 18.5 Å². The van der Waals surface area contributed by atoms with E-state index in [1.165, 1.54) is 5.56 Å². The molecule has 0 radical (unpaired) electrons. The third-order valence-corrected chi connectivity index (χ3v) is 3.53. The van der Waals surface area contributed by atoms with Crippen LogP contribution in [0.25, 0.3) is 5.65 Å². The van der Waals surface area contributed by atoms with Crippen LogP contribution in [0.2, 0.25) is 0 Å². The third kappa shape index (κ3) is 2.18. The minimum absolute atomic E-state index is 0.330. The molecule has 2 aromatic rings. The van der Waals surface area contributed by atoms with Crippen molar-refractivity contribution < 1.29 is 4.74 Å². The molecule has 0 spiro atoms. The lowest BCUT2D eigenvalue weighted by Gasteiger charge is -2.13. The van der Waals surface area contributed by atoms with E-state index in [-0.39, 0.29) is 0 Å². The summed E-state index contributed by atoms with van der Waals surface area (Å²) in [6, 6.07) is 4.02. The van der Waals surface area contributed by atoms with Crippen LogP contribution in [0.4, 0.5) is 5.95 Å². The summed E-state index contributed by atoms with van der Waals surface area (Å²) >= 11 is 0. The molecule has 0 aromatic carbocycles. The monoisotopic (exact) mass is 246 g/mol. The molecule has 0 aliphatic carbocycles. The molecule has 0 amide bonds. The first-order chi connectivity index (χ1) is 8.72. The van der Waals surface area contributed by atoms with Gasteiger partial charge in [-0.05, 0) is 31.9 Å². The van der Waals surface area contributed by atoms with E-state index in [1.807, 2.05) is 29.8 Å². The van der Waals surface area contributed by atoms with Gasteiger partial charge in [-0.1, -0.05) is 6.07 Å². The van der Waals surface area contributed by atoms with E-state index in [9.17, 15) is 0 Å². The number of anilines is 1. The molecular formula is C13H18N4O. The molecule has 96 valence electrons. The zero-order valence-electron chi connectivity index (χ0n) is 10.8. The molecule has 5 heteroatoms. The predicted molar refractivity (Wildman–Crippen MR) is 69.7 cm³/mol. The van der Waals surface area contributed by atoms with Gasteiger partial charge >= 0.3 is 0 Å². The van der Waals surface area contributed by atoms with Crippen molar-refractivity contribution in [3.05, 3.63) is 23.9 Å². The van der Waals surface area contributed by atoms with E-state index in [0.29, 0.717) is 18.0 Å². The van der Waals surface area contributed by atoms with Gasteiger partial charge in [-0.15, -0.1) is 5.10 Å². The van der Waals surface area contributed by atoms with Gasteiger partial charge < -0.3 is 10.1 Å². The lowest BCUT2D eigenvalue weighted by molar-refractivity contribution is 0.108. The molecule has 3 rings (SSSR count). The van der Waals surface area contributed by atoms with Gasteiger partial charge in [0.15, 0.2) is 5.65 Å². The van der Waals surface area contributed by atoms with E-state index in [4.69, 9.17) is 4.74 Å². The average molecular weight is 246 g/mol. The Morgan fingerprint density at radius 3 is 3.17 bits per heavy atom. The zero-order chi connectivity index (χ0) is 12.5. The summed E-state index contributed by atoms with van der Waals surface area (Å²) in [7, 11) is 0. The van der Waals surface area contributed by atoms with Gasteiger partial charge in [-0.2, -0.15) is 4.98 Å². The van der Waals surface area contributed by atoms with Crippen LogP contribution in [0, 0.1) is 12.8 Å². The molecule has 1 N–H and O–H groups in total. The molecule has 0 saturated carbocycles. The van der Waals surface area contributed by atoms with Gasteiger partial charge in [0.25, 0.3) is 0 Å². The number of hydrogen-bond acceptors (Lipinski definition) is 4. The van der Waals surface area contributed by atoms with Crippen LogP contribution < -0.4 is 5.32 Å². The van der Waals surface area contributed by atoms with Crippen molar-refractivity contribution in [3.8, 4) is 0 Å². The summed E-state index contributed by atoms with van der Waals surface area (Å²) in [5.41, 5.74) is 2.05. The van der Waals surface area contributed by atoms with Crippen molar-refractivity contribution >= 4 is 11.6 Å². The second-order valence-electron chi connectivity index (χ2n) is 4.95. The molecule has 1 saturated heterocycles. The standard InChI is InChI=1S/C13H18N4O/c1-9-3-4-12-15-13(16-17(12)8-9)14-7-11-5-6-18-10(11)2/h3-4,8,10-11H,5-7H2,1-2H3,(H,14,16). The van der Waals surface area contributed by atoms with Crippen LogP contribution in [0.5, 0.6) is 0 Å². The fourth-order valence-electron chi connectivity index (χ4n) is 2.33. The molecule has 18 heavy (non-hydrogen) atoms. The molecule has 2 atom stereocenters. The lowest BCUT2D eigenvalue weighted by atomic mass is 10.0. The van der Waals surface area contributed by atoms with Crippen LogP contribution >= 0.6 is 0 Å². The first-order valence-corrected chi connectivity index (χ1v) is 6.41. The molecule has 2 aromatic heterocycles. The average Bonchev–Trinajstić information content (AvgIpc) is 2.92. The van der Waals surface area contributed by atoms with E-state index < -0.39 is 0 Å². The molecule has 1 fully saturated rings. The van der Waals surface area contributed by atoms with Crippen molar-refractivity contribution in [2.24, 2.45) is 5.92 Å². The van der Waals surface area contributed by atoms with E-state index >= 15 is 0 Å². The summed E-state index contributed by atoms with van der Waals surface area (Å²) in [6.07, 6.45) is 3.42. The maximum atomic E-state index is 5.54. The third-order valence-electron chi connectivity index (χ3n) is 3.53. The SMILES string of the molecule is Cc1ccc2nc(NCC3CCOC3C)nn2c1. The number of rotatable bonds is 3. The van der Waals surface area contributed by atoms with Crippen LogP contribution in [-0.4, -0.2) is 33.9 Å². The Morgan fingerprint density at radius 2 is 2.39 bits per heavy atom. The van der Waals surface area contributed by atoms with E-state index in [0.717, 1.165) is 25.2 Å². The molecule has 1 aliphatic rings. The summed E-state index contributed by atoms with van der Waals surface area (Å²) in [6.45, 7) is 5.91. The van der Waals surface area contributed by atoms with Gasteiger partial charge in [0.05, 0.1) is 6.10 Å². The zero-order valence-corrected chi connectivity index (χ0v) is 10.8. The highest BCUT2D eigenvalue weighted by atomic mass is 16.5. The Hall–Kier alpha value is -1.62. The highest BCUT2D eigenvalue weighted by molar-refractivity contribution is 5.44. The minimum atomic E-state index is 0.330. The molecular weight excluding hydrogens is 228 g/mol. The minimum Gasteiger partial charge on any atom is -0.378 e. The fraction of sp³-hybridized carbons (Fsp3) is 0.538. The number of fused-ring (bicyclic) bond motifs is 1. The summed E-state index contributed by atoms with van der Waals surface area (Å²) in [4.78, 5) is 4.44. The summed E-state index contributed by atoms with van der Waals surface area (Å²) in [5.74, 6) is 1.25. The number of nitrogens with one attached hydrogen (secondary N) is 1. The topological polar surface area (TPSA) is 51.5 Å². The number of hydrogen-bond donors (Lipinski definition) is 1.